The SMILES string of the molecule is C/C([13CH3])=C/[13CH2]C/C([13CH3])=C/[13CH2]CC([13CH3])/C=[13CH]/C([13CH3])(C=[13CH2])C[13CH2]/C=C(\[13CH3])C[13CH2]/C=C(/C)[13CH3]. The van der Waals surface area contributed by atoms with Crippen molar-refractivity contribution in [1.29, 1.82) is 0 Å². The summed E-state index contributed by atoms with van der Waals surface area (Å²) in [5.41, 5.74) is 5.94. The molecule has 0 aliphatic carbocycles. The Morgan fingerprint density at radius 3 is 1.73 bits per heavy atom. The molecule has 0 saturated heterocycles. The van der Waals surface area contributed by atoms with Crippen LogP contribution in [0.2, 0.25) is 0 Å². The number of hydrogen-bond donors (Lipinski definition) is 0. The van der Waals surface area contributed by atoms with E-state index in [1.165, 1.54) is 54.4 Å². The topological polar surface area (TPSA) is 0 Å². The quantitative estimate of drug-likeness (QED) is 0.182. The lowest BCUT2D eigenvalue weighted by Crippen LogP contribution is -2.09. The lowest BCUT2D eigenvalue weighted by molar-refractivity contribution is 0.499. The van der Waals surface area contributed by atoms with Crippen LogP contribution in [-0.4, -0.2) is 0 Å². The third-order valence-corrected chi connectivity index (χ3v) is 5.74. The van der Waals surface area contributed by atoms with Gasteiger partial charge in [-0.15, -0.1) is 6.58 Å². The van der Waals surface area contributed by atoms with Crippen molar-refractivity contribution in [3.05, 3.63) is 71.4 Å². The summed E-state index contributed by atoms with van der Waals surface area (Å²) >= 11 is 0. The maximum absolute atomic E-state index is 4.11. The van der Waals surface area contributed by atoms with E-state index in [9.17, 15) is 0 Å². The minimum atomic E-state index is 0.0844. The molecule has 170 valence electrons. The van der Waals surface area contributed by atoms with Gasteiger partial charge in [0.25, 0.3) is 0 Å². The van der Waals surface area contributed by atoms with Gasteiger partial charge in [-0.1, -0.05) is 78.7 Å². The molecule has 0 nitrogen and oxygen atoms in total. The van der Waals surface area contributed by atoms with E-state index >= 15 is 0 Å². The van der Waals surface area contributed by atoms with Crippen molar-refractivity contribution >= 4 is 0 Å². The summed E-state index contributed by atoms with van der Waals surface area (Å²) in [6, 6.07) is 0. The zero-order chi connectivity index (χ0) is 23.0. The van der Waals surface area contributed by atoms with Crippen LogP contribution in [0.4, 0.5) is 0 Å². The highest BCUT2D eigenvalue weighted by Gasteiger charge is 2.15. The van der Waals surface area contributed by atoms with Gasteiger partial charge >= 0.3 is 0 Å². The Hall–Kier alpha value is -1.56. The molecule has 0 bridgehead atoms. The molecule has 2 atom stereocenters. The number of hydrogen-bond acceptors (Lipinski definition) is 0. The van der Waals surface area contributed by atoms with Crippen molar-refractivity contribution in [2.24, 2.45) is 11.3 Å². The Kier molecular flexibility index (Phi) is 15.3. The van der Waals surface area contributed by atoms with Crippen LogP contribution in [0.5, 0.6) is 0 Å². The van der Waals surface area contributed by atoms with Crippen LogP contribution < -0.4 is 0 Å². The highest BCUT2D eigenvalue weighted by atomic mass is 14.6. The average Bonchev–Trinajstić information content (AvgIpc) is 2.66. The molecule has 0 aromatic rings. The van der Waals surface area contributed by atoms with Crippen molar-refractivity contribution in [1.82, 2.24) is 0 Å². The van der Waals surface area contributed by atoms with Gasteiger partial charge < -0.3 is 0 Å². The average molecular weight is 423 g/mol. The fourth-order valence-electron chi connectivity index (χ4n) is 3.34. The third kappa shape index (κ3) is 16.3. The van der Waals surface area contributed by atoms with Gasteiger partial charge in [0.15, 0.2) is 0 Å². The summed E-state index contributed by atoms with van der Waals surface area (Å²) in [7, 11) is 0. The molecule has 0 fully saturated rings. The van der Waals surface area contributed by atoms with Crippen LogP contribution in [-0.2, 0) is 0 Å². The normalized spacial score (nSPS) is 17.3. The second-order valence-electron chi connectivity index (χ2n) is 9.90. The Morgan fingerprint density at radius 2 is 1.27 bits per heavy atom. The predicted octanol–water partition coefficient (Wildman–Crippen LogP) is 10.3. The second kappa shape index (κ2) is 16.2. The molecule has 0 N–H and O–H groups in total. The maximum Gasteiger partial charge on any atom is 0.00330 e. The van der Waals surface area contributed by atoms with E-state index in [-0.39, 0.29) is 5.41 Å². The molecule has 30 heavy (non-hydrogen) atoms. The first-order valence-electron chi connectivity index (χ1n) is 12.0. The van der Waals surface area contributed by atoms with Crippen molar-refractivity contribution < 1.29 is 0 Å². The second-order valence-corrected chi connectivity index (χ2v) is 9.90. The summed E-state index contributed by atoms with van der Waals surface area (Å²) in [5, 5.41) is 0. The van der Waals surface area contributed by atoms with E-state index in [0.717, 1.165) is 19.3 Å². The van der Waals surface area contributed by atoms with Gasteiger partial charge in [0.1, 0.15) is 0 Å². The molecule has 0 amide bonds. The third-order valence-electron chi connectivity index (χ3n) is 5.74. The minimum absolute atomic E-state index is 0.0844. The summed E-state index contributed by atoms with van der Waals surface area (Å²) in [5.74, 6) is 0.604. The largest absolute Gasteiger partial charge is 0.102 e. The van der Waals surface area contributed by atoms with E-state index in [2.05, 4.69) is 105 Å². The lowest BCUT2D eigenvalue weighted by Gasteiger charge is -2.21. The fraction of sp³-hybridized carbons (Fsp3) is 0.600. The van der Waals surface area contributed by atoms with Crippen LogP contribution in [0.25, 0.3) is 0 Å². The van der Waals surface area contributed by atoms with Gasteiger partial charge in [-0.2, -0.15) is 0 Å². The summed E-state index contributed by atoms with van der Waals surface area (Å²) in [6.45, 7) is 22.0. The Morgan fingerprint density at radius 1 is 0.767 bits per heavy atom. The van der Waals surface area contributed by atoms with E-state index in [0.29, 0.717) is 5.92 Å². The van der Waals surface area contributed by atoms with Crippen LogP contribution in [0.1, 0.15) is 107 Å². The first-order chi connectivity index (χ1) is 14.1. The van der Waals surface area contributed by atoms with Gasteiger partial charge in [0.05, 0.1) is 0 Å². The van der Waals surface area contributed by atoms with E-state index in [1.807, 2.05) is 0 Å². The van der Waals surface area contributed by atoms with Gasteiger partial charge in [-0.3, -0.25) is 0 Å². The van der Waals surface area contributed by atoms with Crippen molar-refractivity contribution in [3.63, 3.8) is 0 Å². The molecular formula is C30H50. The molecule has 0 radical (unpaired) electrons. The highest BCUT2D eigenvalue weighted by molar-refractivity contribution is 5.10. The summed E-state index contributed by atoms with van der Waals surface area (Å²) in [4.78, 5) is 0. The van der Waals surface area contributed by atoms with Crippen LogP contribution in [0, 0.1) is 11.3 Å². The zero-order valence-corrected chi connectivity index (χ0v) is 21.5. The Balaban J connectivity index is 4.45. The van der Waals surface area contributed by atoms with Gasteiger partial charge in [0, 0.05) is 5.41 Å². The van der Waals surface area contributed by atoms with Gasteiger partial charge in [0.2, 0.25) is 0 Å². The summed E-state index contributed by atoms with van der Waals surface area (Å²) < 4.78 is 0. The molecule has 0 heteroatoms. The summed E-state index contributed by atoms with van der Waals surface area (Å²) in [6.07, 6.45) is 25.7. The van der Waals surface area contributed by atoms with E-state index in [4.69, 9.17) is 0 Å². The van der Waals surface area contributed by atoms with Crippen molar-refractivity contribution in [2.45, 2.75) is 107 Å². The van der Waals surface area contributed by atoms with Gasteiger partial charge in [-0.05, 0) is 98.8 Å². The Labute approximate surface area is 189 Å². The molecule has 0 aromatic carbocycles. The van der Waals surface area contributed by atoms with Crippen LogP contribution >= 0.6 is 0 Å². The van der Waals surface area contributed by atoms with Gasteiger partial charge in [-0.25, -0.2) is 0 Å². The molecule has 0 aromatic heterocycles. The lowest BCUT2D eigenvalue weighted by atomic mass is 10.0. The number of rotatable bonds is 15. The zero-order valence-electron chi connectivity index (χ0n) is 21.5. The molecular weight excluding hydrogens is 372 g/mol. The molecule has 0 saturated carbocycles. The molecule has 0 heterocycles. The van der Waals surface area contributed by atoms with E-state index in [1.54, 1.807) is 0 Å². The first kappa shape index (κ1) is 28.4. The molecule has 0 spiro atoms. The first-order valence-corrected chi connectivity index (χ1v) is 12.0. The van der Waals surface area contributed by atoms with Crippen LogP contribution in [0.3, 0.4) is 0 Å². The molecule has 0 aliphatic rings. The molecule has 2 unspecified atom stereocenters. The fourth-order valence-corrected chi connectivity index (χ4v) is 3.34. The molecule has 0 rings (SSSR count). The Bertz CT molecular complexity index is 627. The highest BCUT2D eigenvalue weighted by Crippen LogP contribution is 2.28. The predicted molar refractivity (Wildman–Crippen MR) is 140 cm³/mol. The maximum atomic E-state index is 4.11. The van der Waals surface area contributed by atoms with E-state index < -0.39 is 0 Å². The molecule has 0 aliphatic heterocycles. The smallest absolute Gasteiger partial charge is 0.00330 e. The standard InChI is InChI=1S/C30H50/c1-10-30(9,23-14-21-28(7)18-12-16-26(4)5)24-22-29(8)20-13-19-27(6)17-11-15-25(2)3/h10,15-16,19,21-22,24,29H,1,11-14,17-18,20,23H2,2-9H3/b24-22+,27-19+,28-21+/i1+1,2+1,4+1,6+1,7+1,8+1,9+1,11+1,12+1,13+1,14+1,24+1/b24-22+,25-15+,26-16+,27-19+,28-21+. The monoisotopic (exact) mass is 422 g/mol. The van der Waals surface area contributed by atoms with Crippen molar-refractivity contribution in [2.75, 3.05) is 0 Å². The van der Waals surface area contributed by atoms with Crippen LogP contribution in [0.15, 0.2) is 71.4 Å². The minimum Gasteiger partial charge on any atom is -0.102 e. The van der Waals surface area contributed by atoms with Crippen molar-refractivity contribution in [3.8, 4) is 0 Å². The number of allylic oxidation sites excluding steroid dienone is 11.